The van der Waals surface area contributed by atoms with Gasteiger partial charge >= 0.3 is 0 Å². The van der Waals surface area contributed by atoms with E-state index in [-0.39, 0.29) is 24.9 Å². The molecule has 2 amide bonds. The number of carbonyl (C=O) groups excluding carboxylic acids is 2. The fourth-order valence-electron chi connectivity index (χ4n) is 2.83. The van der Waals surface area contributed by atoms with Gasteiger partial charge in [-0.2, -0.15) is 0 Å². The molecule has 1 aliphatic carbocycles. The fourth-order valence-corrected chi connectivity index (χ4v) is 2.96. The van der Waals surface area contributed by atoms with Crippen LogP contribution in [0.25, 0.3) is 0 Å². The molecule has 6 nitrogen and oxygen atoms in total. The number of hydrogen-bond acceptors (Lipinski definition) is 3. The summed E-state index contributed by atoms with van der Waals surface area (Å²) in [5, 5.41) is 0.571. The SMILES string of the molecule is O=C(COc1ccc(Cl)cc1)NNC(=O)C[NH+](Cc1ccccc1F)C1CC1. The first-order valence-corrected chi connectivity index (χ1v) is 9.43. The van der Waals surface area contributed by atoms with Gasteiger partial charge in [0.15, 0.2) is 13.2 Å². The van der Waals surface area contributed by atoms with Gasteiger partial charge in [0.2, 0.25) is 0 Å². The zero-order valence-corrected chi connectivity index (χ0v) is 16.0. The van der Waals surface area contributed by atoms with E-state index in [4.69, 9.17) is 16.3 Å². The Kier molecular flexibility index (Phi) is 6.84. The molecule has 0 spiro atoms. The number of rotatable bonds is 8. The lowest BCUT2D eigenvalue weighted by Crippen LogP contribution is -3.13. The van der Waals surface area contributed by atoms with Gasteiger partial charge in [-0.25, -0.2) is 4.39 Å². The van der Waals surface area contributed by atoms with E-state index in [9.17, 15) is 14.0 Å². The van der Waals surface area contributed by atoms with Gasteiger partial charge in [-0.3, -0.25) is 20.4 Å². The third-order valence-corrected chi connectivity index (χ3v) is 4.69. The average molecular weight is 407 g/mol. The molecule has 1 fully saturated rings. The molecule has 8 heteroatoms. The van der Waals surface area contributed by atoms with E-state index in [1.807, 2.05) is 0 Å². The maximum atomic E-state index is 13.9. The second-order valence-corrected chi connectivity index (χ2v) is 7.15. The molecule has 148 valence electrons. The van der Waals surface area contributed by atoms with Crippen molar-refractivity contribution in [2.75, 3.05) is 13.2 Å². The van der Waals surface area contributed by atoms with Gasteiger partial charge in [0.25, 0.3) is 11.8 Å². The van der Waals surface area contributed by atoms with Crippen molar-refractivity contribution in [3.8, 4) is 5.75 Å². The highest BCUT2D eigenvalue weighted by molar-refractivity contribution is 6.30. The summed E-state index contributed by atoms with van der Waals surface area (Å²) in [6.45, 7) is 0.339. The first-order chi connectivity index (χ1) is 13.5. The van der Waals surface area contributed by atoms with Crippen molar-refractivity contribution in [2.45, 2.75) is 25.4 Å². The summed E-state index contributed by atoms with van der Waals surface area (Å²) in [6.07, 6.45) is 2.02. The largest absolute Gasteiger partial charge is 0.484 e. The van der Waals surface area contributed by atoms with Crippen LogP contribution in [0.2, 0.25) is 5.02 Å². The Balaban J connectivity index is 1.42. The van der Waals surface area contributed by atoms with Crippen LogP contribution in [0.3, 0.4) is 0 Å². The molecule has 1 saturated carbocycles. The minimum absolute atomic E-state index is 0.150. The van der Waals surface area contributed by atoms with Gasteiger partial charge in [-0.1, -0.05) is 29.8 Å². The van der Waals surface area contributed by atoms with Crippen molar-refractivity contribution in [3.05, 3.63) is 64.9 Å². The molecule has 1 atom stereocenters. The van der Waals surface area contributed by atoms with Crippen LogP contribution in [0.1, 0.15) is 18.4 Å². The van der Waals surface area contributed by atoms with Crippen molar-refractivity contribution in [1.82, 2.24) is 10.9 Å². The molecule has 0 radical (unpaired) electrons. The Morgan fingerprint density at radius 3 is 2.43 bits per heavy atom. The Morgan fingerprint density at radius 1 is 1.07 bits per heavy atom. The Hall–Kier alpha value is -2.64. The number of carbonyl (C=O) groups is 2. The highest BCUT2D eigenvalue weighted by Gasteiger charge is 2.35. The topological polar surface area (TPSA) is 71.9 Å². The second kappa shape index (κ2) is 9.52. The average Bonchev–Trinajstić information content (AvgIpc) is 3.52. The van der Waals surface area contributed by atoms with Gasteiger partial charge < -0.3 is 9.64 Å². The van der Waals surface area contributed by atoms with Crippen LogP contribution in [0.5, 0.6) is 5.75 Å². The van der Waals surface area contributed by atoms with E-state index in [1.54, 1.807) is 42.5 Å². The van der Waals surface area contributed by atoms with Crippen LogP contribution >= 0.6 is 11.6 Å². The van der Waals surface area contributed by atoms with E-state index in [0.29, 0.717) is 28.9 Å². The number of amides is 2. The lowest BCUT2D eigenvalue weighted by molar-refractivity contribution is -0.917. The summed E-state index contributed by atoms with van der Waals surface area (Å²) >= 11 is 5.78. The normalized spacial score (nSPS) is 14.2. The van der Waals surface area contributed by atoms with Gasteiger partial charge in [-0.05, 0) is 30.3 Å². The van der Waals surface area contributed by atoms with Crippen molar-refractivity contribution in [2.24, 2.45) is 0 Å². The number of nitrogens with one attached hydrogen (secondary N) is 3. The third kappa shape index (κ3) is 6.21. The quantitative estimate of drug-likeness (QED) is 0.578. The van der Waals surface area contributed by atoms with Crippen LogP contribution in [0.15, 0.2) is 48.5 Å². The Labute approximate surface area is 167 Å². The molecule has 0 saturated heterocycles. The van der Waals surface area contributed by atoms with Gasteiger partial charge in [0.05, 0.1) is 6.04 Å². The maximum absolute atomic E-state index is 13.9. The summed E-state index contributed by atoms with van der Waals surface area (Å²) in [5.74, 6) is -0.586. The number of hydrazine groups is 1. The maximum Gasteiger partial charge on any atom is 0.293 e. The highest BCUT2D eigenvalue weighted by atomic mass is 35.5. The molecule has 1 unspecified atom stereocenters. The van der Waals surface area contributed by atoms with Crippen LogP contribution in [0, 0.1) is 5.82 Å². The highest BCUT2D eigenvalue weighted by Crippen LogP contribution is 2.16. The van der Waals surface area contributed by atoms with Crippen LogP contribution in [-0.2, 0) is 16.1 Å². The molecule has 3 N–H and O–H groups in total. The van der Waals surface area contributed by atoms with Crippen LogP contribution < -0.4 is 20.5 Å². The minimum atomic E-state index is -0.481. The number of halogens is 2. The summed E-state index contributed by atoms with van der Waals surface area (Å²) in [7, 11) is 0. The van der Waals surface area contributed by atoms with E-state index in [0.717, 1.165) is 17.7 Å². The first-order valence-electron chi connectivity index (χ1n) is 9.05. The molecule has 28 heavy (non-hydrogen) atoms. The molecule has 0 bridgehead atoms. The zero-order chi connectivity index (χ0) is 19.9. The molecular formula is C20H22ClFN3O3+. The van der Waals surface area contributed by atoms with Crippen molar-refractivity contribution >= 4 is 23.4 Å². The van der Waals surface area contributed by atoms with E-state index >= 15 is 0 Å². The minimum Gasteiger partial charge on any atom is -0.484 e. The number of ether oxygens (including phenoxy) is 1. The van der Waals surface area contributed by atoms with Gasteiger partial charge in [-0.15, -0.1) is 0 Å². The zero-order valence-electron chi connectivity index (χ0n) is 15.2. The second-order valence-electron chi connectivity index (χ2n) is 6.72. The fraction of sp³-hybridized carbons (Fsp3) is 0.300. The van der Waals surface area contributed by atoms with Crippen molar-refractivity contribution in [1.29, 1.82) is 0 Å². The molecule has 2 aromatic rings. The van der Waals surface area contributed by atoms with Crippen LogP contribution in [0.4, 0.5) is 4.39 Å². The Morgan fingerprint density at radius 2 is 1.75 bits per heavy atom. The van der Waals surface area contributed by atoms with E-state index in [1.165, 1.54) is 6.07 Å². The van der Waals surface area contributed by atoms with E-state index < -0.39 is 5.91 Å². The molecule has 3 rings (SSSR count). The predicted octanol–water partition coefficient (Wildman–Crippen LogP) is 1.25. The molecule has 0 aliphatic heterocycles. The molecule has 0 heterocycles. The van der Waals surface area contributed by atoms with Crippen molar-refractivity contribution in [3.63, 3.8) is 0 Å². The molecule has 2 aromatic carbocycles. The standard InChI is InChI=1S/C20H21ClFN3O3/c21-15-5-9-17(10-6-15)28-13-20(27)24-23-19(26)12-25(16-7-8-16)11-14-3-1-2-4-18(14)22/h1-6,9-10,16H,7-8,11-13H2,(H,23,26)(H,24,27)/p+1. The summed E-state index contributed by atoms with van der Waals surface area (Å²) in [4.78, 5) is 25.0. The predicted molar refractivity (Wildman–Crippen MR) is 102 cm³/mol. The van der Waals surface area contributed by atoms with Crippen LogP contribution in [-0.4, -0.2) is 31.0 Å². The van der Waals surface area contributed by atoms with E-state index in [2.05, 4.69) is 10.9 Å². The number of hydrogen-bond donors (Lipinski definition) is 3. The van der Waals surface area contributed by atoms with Crippen molar-refractivity contribution < 1.29 is 23.6 Å². The summed E-state index contributed by atoms with van der Waals surface area (Å²) in [5.41, 5.74) is 5.30. The lowest BCUT2D eigenvalue weighted by Gasteiger charge is -2.19. The summed E-state index contributed by atoms with van der Waals surface area (Å²) < 4.78 is 19.2. The molecule has 1 aliphatic rings. The van der Waals surface area contributed by atoms with Gasteiger partial charge in [0, 0.05) is 23.4 Å². The summed E-state index contributed by atoms with van der Waals surface area (Å²) in [6, 6.07) is 13.5. The number of quaternary nitrogens is 1. The Bertz CT molecular complexity index is 828. The van der Waals surface area contributed by atoms with Gasteiger partial charge in [0.1, 0.15) is 18.1 Å². The first kappa shape index (κ1) is 20.1. The molecule has 0 aromatic heterocycles. The third-order valence-electron chi connectivity index (χ3n) is 4.44. The molecular weight excluding hydrogens is 385 g/mol. The number of benzene rings is 2. The lowest BCUT2D eigenvalue weighted by atomic mass is 10.2. The smallest absolute Gasteiger partial charge is 0.293 e. The monoisotopic (exact) mass is 406 g/mol.